The highest BCUT2D eigenvalue weighted by Crippen LogP contribution is 2.17. The molecule has 0 fully saturated rings. The summed E-state index contributed by atoms with van der Waals surface area (Å²) in [5, 5.41) is 0. The van der Waals surface area contributed by atoms with Crippen LogP contribution in [-0.4, -0.2) is 6.54 Å². The Labute approximate surface area is 88.3 Å². The molecule has 0 aliphatic carbocycles. The van der Waals surface area contributed by atoms with Gasteiger partial charge in [-0.2, -0.15) is 0 Å². The predicted molar refractivity (Wildman–Crippen MR) is 62.7 cm³/mol. The summed E-state index contributed by atoms with van der Waals surface area (Å²) >= 11 is 2.36. The lowest BCUT2D eigenvalue weighted by molar-refractivity contribution is 0.816. The second-order valence-corrected chi connectivity index (χ2v) is 3.94. The first-order chi connectivity index (χ1) is 5.84. The number of anilines is 1. The van der Waals surface area contributed by atoms with Gasteiger partial charge in [0.2, 0.25) is 0 Å². The van der Waals surface area contributed by atoms with Crippen molar-refractivity contribution in [3.63, 3.8) is 0 Å². The van der Waals surface area contributed by atoms with Crippen LogP contribution in [0.5, 0.6) is 0 Å². The molecule has 2 heteroatoms. The van der Waals surface area contributed by atoms with Gasteiger partial charge in [-0.3, -0.25) is 0 Å². The molecule has 0 bridgehead atoms. The van der Waals surface area contributed by atoms with Crippen molar-refractivity contribution in [2.75, 3.05) is 9.66 Å². The number of rotatable bonds is 4. The van der Waals surface area contributed by atoms with Gasteiger partial charge in [-0.05, 0) is 18.6 Å². The van der Waals surface area contributed by atoms with Gasteiger partial charge in [-0.15, -0.1) is 0 Å². The van der Waals surface area contributed by atoms with E-state index >= 15 is 0 Å². The van der Waals surface area contributed by atoms with Crippen molar-refractivity contribution in [3.8, 4) is 0 Å². The fourth-order valence-corrected chi connectivity index (χ4v) is 1.68. The Morgan fingerprint density at radius 2 is 1.92 bits per heavy atom. The third-order valence-corrected chi connectivity index (χ3v) is 2.78. The Morgan fingerprint density at radius 3 is 2.50 bits per heavy atom. The third kappa shape index (κ3) is 3.01. The van der Waals surface area contributed by atoms with Crippen LogP contribution in [0, 0.1) is 0 Å². The molecule has 0 N–H and O–H groups in total. The molecule has 0 aliphatic heterocycles. The molecule has 0 radical (unpaired) electrons. The molecule has 0 saturated heterocycles. The lowest BCUT2D eigenvalue weighted by Crippen LogP contribution is -2.09. The summed E-state index contributed by atoms with van der Waals surface area (Å²) < 4.78 is 2.27. The van der Waals surface area contributed by atoms with E-state index in [1.165, 1.54) is 18.5 Å². The quantitative estimate of drug-likeness (QED) is 0.599. The molecule has 0 heterocycles. The van der Waals surface area contributed by atoms with Crippen LogP contribution in [0.3, 0.4) is 0 Å². The lowest BCUT2D eigenvalue weighted by atomic mass is 10.3. The number of para-hydroxylation sites is 1. The van der Waals surface area contributed by atoms with E-state index in [4.69, 9.17) is 0 Å². The summed E-state index contributed by atoms with van der Waals surface area (Å²) in [6, 6.07) is 10.5. The van der Waals surface area contributed by atoms with Crippen LogP contribution in [0.15, 0.2) is 30.3 Å². The minimum atomic E-state index is 1.14. The summed E-state index contributed by atoms with van der Waals surface area (Å²) in [7, 11) is 0. The average Bonchev–Trinajstić information content (AvgIpc) is 2.15. The van der Waals surface area contributed by atoms with Gasteiger partial charge in [-0.1, -0.05) is 31.5 Å². The monoisotopic (exact) mass is 275 g/mol. The molecule has 12 heavy (non-hydrogen) atoms. The van der Waals surface area contributed by atoms with E-state index in [1.54, 1.807) is 0 Å². The van der Waals surface area contributed by atoms with E-state index in [0.717, 1.165) is 6.54 Å². The zero-order valence-electron chi connectivity index (χ0n) is 7.33. The molecule has 1 aromatic carbocycles. The molecule has 0 aliphatic rings. The van der Waals surface area contributed by atoms with Crippen LogP contribution in [0.4, 0.5) is 5.69 Å². The predicted octanol–water partition coefficient (Wildman–Crippen LogP) is 3.64. The van der Waals surface area contributed by atoms with E-state index in [2.05, 4.69) is 57.2 Å². The van der Waals surface area contributed by atoms with Crippen LogP contribution in [0.25, 0.3) is 0 Å². The molecule has 66 valence electrons. The highest BCUT2D eigenvalue weighted by Gasteiger charge is 1.98. The Hall–Kier alpha value is -0.250. The second kappa shape index (κ2) is 5.41. The number of unbranched alkanes of at least 4 members (excludes halogenated alkanes) is 1. The minimum Gasteiger partial charge on any atom is -0.315 e. The number of hydrogen-bond acceptors (Lipinski definition) is 1. The van der Waals surface area contributed by atoms with Crippen molar-refractivity contribution >= 4 is 28.6 Å². The first kappa shape index (κ1) is 9.84. The van der Waals surface area contributed by atoms with Gasteiger partial charge in [0.1, 0.15) is 0 Å². The fraction of sp³-hybridized carbons (Fsp3) is 0.400. The molecule has 0 amide bonds. The first-order valence-electron chi connectivity index (χ1n) is 4.33. The Bertz CT molecular complexity index is 210. The van der Waals surface area contributed by atoms with Gasteiger partial charge in [0.05, 0.1) is 22.9 Å². The van der Waals surface area contributed by atoms with Gasteiger partial charge in [0.25, 0.3) is 0 Å². The third-order valence-electron chi connectivity index (χ3n) is 1.74. The lowest BCUT2D eigenvalue weighted by Gasteiger charge is -2.15. The fourth-order valence-electron chi connectivity index (χ4n) is 1.02. The first-order valence-corrected chi connectivity index (χ1v) is 5.29. The summed E-state index contributed by atoms with van der Waals surface area (Å²) in [5.41, 5.74) is 1.30. The van der Waals surface area contributed by atoms with Crippen molar-refractivity contribution in [2.24, 2.45) is 0 Å². The van der Waals surface area contributed by atoms with Gasteiger partial charge in [0.15, 0.2) is 0 Å². The zero-order chi connectivity index (χ0) is 8.81. The number of benzene rings is 1. The molecular weight excluding hydrogens is 261 g/mol. The topological polar surface area (TPSA) is 3.24 Å². The standard InChI is InChI=1S/C10H14IN/c1-2-3-9-12(11)10-7-5-4-6-8-10/h4-8H,2-3,9H2,1H3. The molecule has 0 atom stereocenters. The zero-order valence-corrected chi connectivity index (χ0v) is 9.49. The smallest absolute Gasteiger partial charge is 0.0591 e. The summed E-state index contributed by atoms with van der Waals surface area (Å²) in [4.78, 5) is 0. The van der Waals surface area contributed by atoms with Crippen molar-refractivity contribution < 1.29 is 0 Å². The van der Waals surface area contributed by atoms with Crippen LogP contribution < -0.4 is 3.11 Å². The van der Waals surface area contributed by atoms with E-state index in [9.17, 15) is 0 Å². The van der Waals surface area contributed by atoms with E-state index < -0.39 is 0 Å². The highest BCUT2D eigenvalue weighted by atomic mass is 127. The molecule has 0 saturated carbocycles. The minimum absolute atomic E-state index is 1.14. The molecule has 0 aromatic heterocycles. The molecule has 1 nitrogen and oxygen atoms in total. The van der Waals surface area contributed by atoms with Crippen molar-refractivity contribution in [2.45, 2.75) is 19.8 Å². The largest absolute Gasteiger partial charge is 0.315 e. The molecule has 1 aromatic rings. The van der Waals surface area contributed by atoms with E-state index in [-0.39, 0.29) is 0 Å². The van der Waals surface area contributed by atoms with Crippen molar-refractivity contribution in [1.29, 1.82) is 0 Å². The van der Waals surface area contributed by atoms with Crippen molar-refractivity contribution in [3.05, 3.63) is 30.3 Å². The Kier molecular flexibility index (Phi) is 4.43. The van der Waals surface area contributed by atoms with Gasteiger partial charge >= 0.3 is 0 Å². The van der Waals surface area contributed by atoms with Crippen LogP contribution in [0.1, 0.15) is 19.8 Å². The van der Waals surface area contributed by atoms with Gasteiger partial charge < -0.3 is 3.11 Å². The second-order valence-electron chi connectivity index (χ2n) is 2.77. The van der Waals surface area contributed by atoms with Gasteiger partial charge in [-0.25, -0.2) is 0 Å². The summed E-state index contributed by atoms with van der Waals surface area (Å²) in [5.74, 6) is 0. The summed E-state index contributed by atoms with van der Waals surface area (Å²) in [6.07, 6.45) is 2.52. The number of nitrogens with zero attached hydrogens (tertiary/aromatic N) is 1. The molecular formula is C10H14IN. The normalized spacial score (nSPS) is 9.83. The van der Waals surface area contributed by atoms with E-state index in [1.807, 2.05) is 6.07 Å². The number of hydrogen-bond donors (Lipinski definition) is 0. The molecule has 0 unspecified atom stereocenters. The van der Waals surface area contributed by atoms with Crippen LogP contribution >= 0.6 is 22.9 Å². The SMILES string of the molecule is CCCCN(I)c1ccccc1. The van der Waals surface area contributed by atoms with Crippen LogP contribution in [-0.2, 0) is 0 Å². The summed E-state index contributed by atoms with van der Waals surface area (Å²) in [6.45, 7) is 3.36. The van der Waals surface area contributed by atoms with Gasteiger partial charge in [0, 0.05) is 12.2 Å². The molecule has 0 spiro atoms. The Morgan fingerprint density at radius 1 is 1.25 bits per heavy atom. The number of halogens is 1. The maximum absolute atomic E-state index is 2.36. The van der Waals surface area contributed by atoms with Crippen molar-refractivity contribution in [1.82, 2.24) is 0 Å². The highest BCUT2D eigenvalue weighted by molar-refractivity contribution is 14.1. The maximum Gasteiger partial charge on any atom is 0.0591 e. The van der Waals surface area contributed by atoms with Crippen LogP contribution in [0.2, 0.25) is 0 Å². The molecule has 1 rings (SSSR count). The van der Waals surface area contributed by atoms with E-state index in [0.29, 0.717) is 0 Å². The Balaban J connectivity index is 2.48. The maximum atomic E-state index is 2.36. The average molecular weight is 275 g/mol.